The molecule has 0 bridgehead atoms. The first kappa shape index (κ1) is 79.6. The minimum atomic E-state index is -5.24. The van der Waals surface area contributed by atoms with Crippen LogP contribution in [0.3, 0.4) is 0 Å². The van der Waals surface area contributed by atoms with E-state index in [1.54, 1.807) is 0 Å². The van der Waals surface area contributed by atoms with Crippen molar-refractivity contribution >= 4 is 22.0 Å². The molecule has 20 atom stereocenters. The van der Waals surface area contributed by atoms with Crippen molar-refractivity contribution in [2.24, 2.45) is 11.8 Å². The molecule has 20 nitrogen and oxygen atoms in total. The molecule has 4 saturated heterocycles. The fourth-order valence-corrected chi connectivity index (χ4v) is 12.1. The molecule has 7 unspecified atom stereocenters. The summed E-state index contributed by atoms with van der Waals surface area (Å²) in [5.74, 6) is 0.566. The summed E-state index contributed by atoms with van der Waals surface area (Å²) in [6.45, 7) is 13.3. The van der Waals surface area contributed by atoms with Crippen molar-refractivity contribution in [1.82, 2.24) is 0 Å². The third-order valence-corrected chi connectivity index (χ3v) is 17.3. The van der Waals surface area contributed by atoms with E-state index < -0.39 is 121 Å². The minimum absolute atomic E-state index is 0. The summed E-state index contributed by atoms with van der Waals surface area (Å²) in [6.07, 6.45) is 16.5. The van der Waals surface area contributed by atoms with Gasteiger partial charge in [-0.15, -0.1) is 6.58 Å². The van der Waals surface area contributed by atoms with Gasteiger partial charge in [-0.3, -0.25) is 13.8 Å². The SMILES string of the molecule is C=CCC[C@H]1O[C@@H]1CC(=C)CC[C@H]1O[C@@H]1CCCC/C=C/CC/C=C/CC(C)/C=C/CC(C)CCCCCCC(=O)CCCC(CC(O)CC(=O)CC(O)CCC(O)[C@@H]1C[C@H](O)[C@H](OS(=O)(=O)[O-])[C@@H](CC(C)O)O1)O[C@@H]1O[C@H](CO)[C@@H](O)[C@H](O)[C@H]1O.[Na+]. The molecule has 4 rings (SSSR count). The van der Waals surface area contributed by atoms with Crippen LogP contribution in [-0.2, 0) is 47.9 Å². The number of epoxide rings is 2. The number of ketones is 2. The van der Waals surface area contributed by atoms with Crippen LogP contribution in [0.5, 0.6) is 0 Å². The molecule has 0 spiro atoms. The number of carbonyl (C=O) groups is 2. The third-order valence-electron chi connectivity index (χ3n) is 16.9. The predicted octanol–water partition coefficient (Wildman–Crippen LogP) is 4.28. The average molecular weight is 1270 g/mol. The molecule has 0 aliphatic carbocycles. The van der Waals surface area contributed by atoms with Crippen LogP contribution in [0, 0.1) is 11.8 Å². The number of ether oxygens (including phenoxy) is 5. The molecule has 4 fully saturated rings. The maximum atomic E-state index is 13.0. The Hall–Kier alpha value is -1.65. The zero-order valence-corrected chi connectivity index (χ0v) is 55.5. The van der Waals surface area contributed by atoms with Crippen molar-refractivity contribution in [1.29, 1.82) is 0 Å². The van der Waals surface area contributed by atoms with E-state index in [0.717, 1.165) is 103 Å². The molecule has 4 heterocycles. The van der Waals surface area contributed by atoms with Crippen LogP contribution in [0.25, 0.3) is 0 Å². The Balaban J connectivity index is 0.0000198. The Morgan fingerprint density at radius 3 is 2.03 bits per heavy atom. The molecular formula is C65H109NaO20S. The van der Waals surface area contributed by atoms with E-state index >= 15 is 0 Å². The number of carbonyl (C=O) groups excluding carboxylic acids is 2. The monoisotopic (exact) mass is 1260 g/mol. The predicted molar refractivity (Wildman–Crippen MR) is 324 cm³/mol. The molecule has 0 aromatic rings. The average Bonchev–Trinajstić information content (AvgIpc) is 2.81. The first-order chi connectivity index (χ1) is 41.0. The van der Waals surface area contributed by atoms with Gasteiger partial charge in [0.15, 0.2) is 6.29 Å². The maximum Gasteiger partial charge on any atom is 1.00 e. The molecule has 4 aliphatic heterocycles. The van der Waals surface area contributed by atoms with E-state index in [-0.39, 0.29) is 80.3 Å². The van der Waals surface area contributed by atoms with Crippen LogP contribution >= 0.6 is 0 Å². The minimum Gasteiger partial charge on any atom is -0.726 e. The van der Waals surface area contributed by atoms with E-state index in [2.05, 4.69) is 67.6 Å². The van der Waals surface area contributed by atoms with Crippen LogP contribution < -0.4 is 29.6 Å². The summed E-state index contributed by atoms with van der Waals surface area (Å²) in [7, 11) is -5.24. The summed E-state index contributed by atoms with van der Waals surface area (Å²) in [5, 5.41) is 94.1. The van der Waals surface area contributed by atoms with Crippen molar-refractivity contribution in [3.8, 4) is 0 Å². The first-order valence-electron chi connectivity index (χ1n) is 32.2. The van der Waals surface area contributed by atoms with Crippen molar-refractivity contribution in [2.45, 2.75) is 317 Å². The number of hydrogen-bond acceptors (Lipinski definition) is 20. The quantitative estimate of drug-likeness (QED) is 0.0102. The molecule has 9 N–H and O–H groups in total. The fourth-order valence-electron chi connectivity index (χ4n) is 11.6. The Bertz CT molecular complexity index is 2140. The molecular weight excluding hydrogens is 1160 g/mol. The first-order valence-corrected chi connectivity index (χ1v) is 33.5. The normalized spacial score (nSPS) is 29.1. The van der Waals surface area contributed by atoms with Gasteiger partial charge in [-0.05, 0) is 128 Å². The van der Waals surface area contributed by atoms with E-state index in [1.807, 2.05) is 6.08 Å². The van der Waals surface area contributed by atoms with Gasteiger partial charge in [0, 0.05) is 44.9 Å². The van der Waals surface area contributed by atoms with Crippen LogP contribution in [0.4, 0.5) is 0 Å². The van der Waals surface area contributed by atoms with Crippen molar-refractivity contribution in [3.05, 3.63) is 61.3 Å². The van der Waals surface area contributed by atoms with Gasteiger partial charge in [0.05, 0.1) is 79.9 Å². The Morgan fingerprint density at radius 2 is 1.32 bits per heavy atom. The maximum absolute atomic E-state index is 13.0. The molecule has 87 heavy (non-hydrogen) atoms. The van der Waals surface area contributed by atoms with E-state index in [4.69, 9.17) is 23.7 Å². The summed E-state index contributed by atoms with van der Waals surface area (Å²) >= 11 is 0. The van der Waals surface area contributed by atoms with Gasteiger partial charge in [-0.1, -0.05) is 101 Å². The van der Waals surface area contributed by atoms with Gasteiger partial charge < -0.3 is 74.2 Å². The molecule has 0 amide bonds. The zero-order valence-electron chi connectivity index (χ0n) is 52.6. The molecule has 0 saturated carbocycles. The van der Waals surface area contributed by atoms with E-state index in [0.29, 0.717) is 49.1 Å². The van der Waals surface area contributed by atoms with E-state index in [1.165, 1.54) is 25.3 Å². The number of allylic oxidation sites excluding steroid dienone is 7. The second-order valence-corrected chi connectivity index (χ2v) is 26.1. The topological polar surface area (TPSA) is 335 Å². The van der Waals surface area contributed by atoms with Crippen LogP contribution in [0.15, 0.2) is 61.3 Å². The Morgan fingerprint density at radius 1 is 0.655 bits per heavy atom. The number of hydrogen-bond donors (Lipinski definition) is 9. The summed E-state index contributed by atoms with van der Waals surface area (Å²) < 4.78 is 67.1. The number of aliphatic hydroxyl groups excluding tert-OH is 9. The molecule has 4 aliphatic rings. The smallest absolute Gasteiger partial charge is 0.726 e. The fraction of sp³-hybridized carbons (Fsp3) is 0.815. The van der Waals surface area contributed by atoms with Gasteiger partial charge in [0.1, 0.15) is 42.1 Å². The van der Waals surface area contributed by atoms with Gasteiger partial charge in [-0.2, -0.15) is 0 Å². The number of aliphatic hydroxyl groups is 9. The zero-order chi connectivity index (χ0) is 63.2. The van der Waals surface area contributed by atoms with Gasteiger partial charge >= 0.3 is 29.6 Å². The number of rotatable bonds is 49. The molecule has 0 aromatic heterocycles. The van der Waals surface area contributed by atoms with Crippen LogP contribution in [0.2, 0.25) is 0 Å². The second-order valence-electron chi connectivity index (χ2n) is 25.1. The second kappa shape index (κ2) is 43.3. The van der Waals surface area contributed by atoms with Gasteiger partial charge in [0.2, 0.25) is 10.4 Å². The van der Waals surface area contributed by atoms with E-state index in [9.17, 15) is 68.5 Å². The largest absolute Gasteiger partial charge is 1.00 e. The Kier molecular flexibility index (Phi) is 39.6. The number of Topliss-reactive ketones (excluding diaryl/α,β-unsaturated/α-hetero) is 2. The molecule has 0 radical (unpaired) electrons. The van der Waals surface area contributed by atoms with Gasteiger partial charge in [-0.25, -0.2) is 8.42 Å². The van der Waals surface area contributed by atoms with Crippen molar-refractivity contribution in [2.75, 3.05) is 6.61 Å². The van der Waals surface area contributed by atoms with Crippen LogP contribution in [-0.4, -0.2) is 187 Å². The molecule has 496 valence electrons. The Labute approximate surface area is 541 Å². The van der Waals surface area contributed by atoms with Crippen molar-refractivity contribution < 1.29 is 126 Å². The summed E-state index contributed by atoms with van der Waals surface area (Å²) in [4.78, 5) is 26.0. The third kappa shape index (κ3) is 33.7. The van der Waals surface area contributed by atoms with Crippen LogP contribution in [0.1, 0.15) is 207 Å². The molecule has 0 aromatic carbocycles. The molecule has 22 heteroatoms. The standard InChI is InChI=1S/C65H110O20S.Na/c1-6-7-30-55-58(82-55)36-45(4)32-35-56-54(81-56)31-20-14-12-10-8-9-11-13-17-23-43(2)25-21-26-44(3)24-18-15-16-19-27-47(68)28-22-29-51(80-65-63(76)62(75)61(74)60(42-66)84-65)40-50(71)39-49(70)38-48(69)33-34-52(72)57-41-53(73)64(85-86(77,78)79)59(83-57)37-46(5)67;/h6,8,10,13,17,21,25,43-44,46,48,50-67,69,71-76H,1,4,7,9,11-12,14-16,18-20,22-24,26-42H2,2-3,5H3,(H,77,78,79);/q;+1/p-1/b10-8+,17-13+,25-21+;/t43?,44?,46?,48?,50?,51?,52?,53-,54+,55+,56+,57-,58+,59+,60+,61+,62-,63+,64-,65+;/m0./s1. The van der Waals surface area contributed by atoms with Gasteiger partial charge in [0.25, 0.3) is 0 Å². The number of unbranched alkanes of at least 4 members (excludes halogenated alkanes) is 6. The summed E-state index contributed by atoms with van der Waals surface area (Å²) in [5.41, 5.74) is 1.29. The van der Waals surface area contributed by atoms with Crippen molar-refractivity contribution in [3.63, 3.8) is 0 Å². The summed E-state index contributed by atoms with van der Waals surface area (Å²) in [6, 6.07) is 0.